The standard InChI is InChI=1S/C33H48O8/c1-7-8-9-10-11-12-13-14-15-26(36)40-29-21(3)32(39)24(27-30(5,6)33(27,29)41-22(4)35)17-23(19-34)18-31(38)25(32)16-20(2)28(31)37/h14-17,21,24-25,27,29,34,38-39H,7-13,18-19H2,1-6H3/b15-14+/t21-,24+,25-,27-,29-,31-,32-,33-/m1/s1. The monoisotopic (exact) mass is 572 g/mol. The molecule has 0 unspecified atom stereocenters. The van der Waals surface area contributed by atoms with Crippen LogP contribution in [-0.2, 0) is 23.9 Å². The van der Waals surface area contributed by atoms with Crippen LogP contribution in [0.15, 0.2) is 35.5 Å². The van der Waals surface area contributed by atoms with Gasteiger partial charge >= 0.3 is 11.9 Å². The summed E-state index contributed by atoms with van der Waals surface area (Å²) in [6, 6.07) is 0. The molecule has 0 heterocycles. The van der Waals surface area contributed by atoms with Crippen LogP contribution in [0.5, 0.6) is 0 Å². The highest BCUT2D eigenvalue weighted by Gasteiger charge is 2.87. The number of carbonyl (C=O) groups excluding carboxylic acids is 3. The van der Waals surface area contributed by atoms with Gasteiger partial charge in [-0.25, -0.2) is 4.79 Å². The van der Waals surface area contributed by atoms with E-state index in [0.717, 1.165) is 19.3 Å². The van der Waals surface area contributed by atoms with Crippen LogP contribution in [0.4, 0.5) is 0 Å². The Bertz CT molecular complexity index is 1150. The zero-order chi connectivity index (χ0) is 30.4. The van der Waals surface area contributed by atoms with E-state index >= 15 is 0 Å². The summed E-state index contributed by atoms with van der Waals surface area (Å²) in [4.78, 5) is 38.9. The summed E-state index contributed by atoms with van der Waals surface area (Å²) in [6.45, 7) is 10.3. The Kier molecular flexibility index (Phi) is 8.81. The van der Waals surface area contributed by atoms with E-state index in [1.807, 2.05) is 13.8 Å². The van der Waals surface area contributed by atoms with Crippen LogP contribution in [0.3, 0.4) is 0 Å². The van der Waals surface area contributed by atoms with Gasteiger partial charge in [0.05, 0.1) is 12.2 Å². The zero-order valence-corrected chi connectivity index (χ0v) is 25.4. The lowest BCUT2D eigenvalue weighted by atomic mass is 9.59. The van der Waals surface area contributed by atoms with E-state index in [9.17, 15) is 29.7 Å². The highest BCUT2D eigenvalue weighted by molar-refractivity contribution is 6.04. The minimum Gasteiger partial charge on any atom is -0.455 e. The average molecular weight is 573 g/mol. The molecule has 2 saturated carbocycles. The fourth-order valence-electron chi connectivity index (χ4n) is 8.45. The molecule has 0 aromatic carbocycles. The second-order valence-corrected chi connectivity index (χ2v) is 13.3. The number of esters is 2. The first-order valence-electron chi connectivity index (χ1n) is 15.3. The Morgan fingerprint density at radius 3 is 2.39 bits per heavy atom. The number of aliphatic hydroxyl groups excluding tert-OH is 1. The average Bonchev–Trinajstić information content (AvgIpc) is 3.33. The first-order chi connectivity index (χ1) is 19.2. The van der Waals surface area contributed by atoms with Gasteiger partial charge in [0.2, 0.25) is 0 Å². The van der Waals surface area contributed by atoms with Gasteiger partial charge in [-0.1, -0.05) is 78.0 Å². The van der Waals surface area contributed by atoms with Crippen molar-refractivity contribution in [2.24, 2.45) is 29.1 Å². The molecule has 3 N–H and O–H groups in total. The van der Waals surface area contributed by atoms with Gasteiger partial charge in [-0.2, -0.15) is 0 Å². The van der Waals surface area contributed by atoms with Gasteiger partial charge in [0.25, 0.3) is 0 Å². The van der Waals surface area contributed by atoms with Crippen molar-refractivity contribution in [3.05, 3.63) is 35.5 Å². The molecule has 0 aliphatic heterocycles. The third-order valence-corrected chi connectivity index (χ3v) is 10.5. The van der Waals surface area contributed by atoms with Crippen molar-refractivity contribution >= 4 is 17.7 Å². The van der Waals surface area contributed by atoms with Crippen molar-refractivity contribution in [3.8, 4) is 0 Å². The van der Waals surface area contributed by atoms with E-state index in [2.05, 4.69) is 6.92 Å². The summed E-state index contributed by atoms with van der Waals surface area (Å²) < 4.78 is 12.1. The third kappa shape index (κ3) is 4.94. The van der Waals surface area contributed by atoms with Gasteiger partial charge in [0.15, 0.2) is 11.4 Å². The number of allylic oxidation sites excluding steroid dienone is 1. The second kappa shape index (κ2) is 11.4. The molecule has 2 fully saturated rings. The van der Waals surface area contributed by atoms with E-state index in [1.165, 1.54) is 38.7 Å². The summed E-state index contributed by atoms with van der Waals surface area (Å²) in [5.41, 5.74) is -4.82. The molecule has 228 valence electrons. The molecule has 8 nitrogen and oxygen atoms in total. The maximum Gasteiger partial charge on any atom is 0.330 e. The minimum absolute atomic E-state index is 0.119. The zero-order valence-electron chi connectivity index (χ0n) is 25.4. The minimum atomic E-state index is -1.94. The molecule has 0 amide bonds. The molecule has 4 aliphatic carbocycles. The molecule has 4 aliphatic rings. The first kappa shape index (κ1) is 31.6. The van der Waals surface area contributed by atoms with Crippen molar-refractivity contribution in [1.29, 1.82) is 0 Å². The van der Waals surface area contributed by atoms with E-state index in [1.54, 1.807) is 32.1 Å². The van der Waals surface area contributed by atoms with Crippen LogP contribution in [0.2, 0.25) is 0 Å². The van der Waals surface area contributed by atoms with Gasteiger partial charge in [0.1, 0.15) is 11.7 Å². The van der Waals surface area contributed by atoms with E-state index in [4.69, 9.17) is 9.47 Å². The number of Topliss-reactive ketones (excluding diaryl/α,β-unsaturated/α-hetero) is 1. The van der Waals surface area contributed by atoms with Crippen molar-refractivity contribution in [2.75, 3.05) is 6.61 Å². The summed E-state index contributed by atoms with van der Waals surface area (Å²) in [5, 5.41) is 34.6. The lowest BCUT2D eigenvalue weighted by Crippen LogP contribution is -2.66. The summed E-state index contributed by atoms with van der Waals surface area (Å²) in [6.07, 6.45) is 13.0. The number of fused-ring (bicyclic) bond motifs is 5. The maximum atomic E-state index is 13.2. The van der Waals surface area contributed by atoms with Gasteiger partial charge in [0, 0.05) is 48.5 Å². The number of carbonyl (C=O) groups is 3. The Balaban J connectivity index is 1.68. The highest BCUT2D eigenvalue weighted by Crippen LogP contribution is 2.77. The van der Waals surface area contributed by atoms with Crippen LogP contribution >= 0.6 is 0 Å². The quantitative estimate of drug-likeness (QED) is 0.144. The van der Waals surface area contributed by atoms with Gasteiger partial charge in [-0.3, -0.25) is 9.59 Å². The Labute approximate surface area is 243 Å². The van der Waals surface area contributed by atoms with Crippen LogP contribution in [0.1, 0.15) is 92.9 Å². The SMILES string of the molecule is CCCCCCCC/C=C/C(=O)O[C@@H]1[C@@H](C)[C@@]2(O)[C@@H](C=C(CO)C[C@]3(O)C(=O)C(C)=C[C@@H]23)[C@@H]2C(C)(C)[C@]12OC(C)=O. The molecule has 0 bridgehead atoms. The van der Waals surface area contributed by atoms with E-state index in [-0.39, 0.29) is 6.42 Å². The van der Waals surface area contributed by atoms with E-state index < -0.39 is 76.3 Å². The second-order valence-electron chi connectivity index (χ2n) is 13.3. The number of rotatable bonds is 11. The summed E-state index contributed by atoms with van der Waals surface area (Å²) in [7, 11) is 0. The fraction of sp³-hybridized carbons (Fsp3) is 0.727. The largest absolute Gasteiger partial charge is 0.455 e. The van der Waals surface area contributed by atoms with Crippen LogP contribution in [-0.4, -0.2) is 62.6 Å². The van der Waals surface area contributed by atoms with E-state index in [0.29, 0.717) is 11.1 Å². The van der Waals surface area contributed by atoms with Crippen molar-refractivity contribution in [3.63, 3.8) is 0 Å². The molecule has 8 heteroatoms. The van der Waals surface area contributed by atoms with Crippen LogP contribution in [0, 0.1) is 29.1 Å². The lowest BCUT2D eigenvalue weighted by Gasteiger charge is -2.53. The normalized spacial score (nSPS) is 38.8. The number of unbranched alkanes of at least 4 members (excludes halogenated alkanes) is 6. The molecule has 0 spiro atoms. The first-order valence-corrected chi connectivity index (χ1v) is 15.3. The van der Waals surface area contributed by atoms with Gasteiger partial charge in [-0.15, -0.1) is 0 Å². The van der Waals surface area contributed by atoms with Gasteiger partial charge in [-0.05, 0) is 30.9 Å². The molecule has 0 saturated heterocycles. The van der Waals surface area contributed by atoms with Crippen LogP contribution < -0.4 is 0 Å². The molecule has 0 aromatic heterocycles. The molecule has 0 aromatic rings. The maximum absolute atomic E-state index is 13.2. The molecular formula is C33H48O8. The molecular weight excluding hydrogens is 524 g/mol. The number of hydrogen-bond acceptors (Lipinski definition) is 8. The van der Waals surface area contributed by atoms with Crippen molar-refractivity contribution in [2.45, 2.75) is 116 Å². The van der Waals surface area contributed by atoms with Crippen LogP contribution in [0.25, 0.3) is 0 Å². The Morgan fingerprint density at radius 2 is 1.76 bits per heavy atom. The smallest absolute Gasteiger partial charge is 0.330 e. The summed E-state index contributed by atoms with van der Waals surface area (Å²) in [5.74, 6) is -4.60. The number of ether oxygens (including phenoxy) is 2. The third-order valence-electron chi connectivity index (χ3n) is 10.5. The molecule has 4 rings (SSSR count). The fourth-order valence-corrected chi connectivity index (χ4v) is 8.45. The predicted molar refractivity (Wildman–Crippen MR) is 153 cm³/mol. The number of hydrogen-bond donors (Lipinski definition) is 3. The Hall–Kier alpha value is -2.29. The lowest BCUT2D eigenvalue weighted by molar-refractivity contribution is -0.226. The summed E-state index contributed by atoms with van der Waals surface area (Å²) >= 11 is 0. The van der Waals surface area contributed by atoms with Crippen molar-refractivity contribution in [1.82, 2.24) is 0 Å². The Morgan fingerprint density at radius 1 is 1.10 bits per heavy atom. The van der Waals surface area contributed by atoms with Crippen molar-refractivity contribution < 1.29 is 39.2 Å². The molecule has 0 radical (unpaired) electrons. The molecule has 8 atom stereocenters. The molecule has 41 heavy (non-hydrogen) atoms. The predicted octanol–water partition coefficient (Wildman–Crippen LogP) is 4.36. The number of ketones is 1. The topological polar surface area (TPSA) is 130 Å². The van der Waals surface area contributed by atoms with Gasteiger partial charge < -0.3 is 24.8 Å². The number of aliphatic hydroxyl groups is 3. The highest BCUT2D eigenvalue weighted by atomic mass is 16.6.